The number of esters is 1. The van der Waals surface area contributed by atoms with Crippen LogP contribution in [0.15, 0.2) is 53.4 Å². The predicted molar refractivity (Wildman–Crippen MR) is 95.4 cm³/mol. The van der Waals surface area contributed by atoms with Gasteiger partial charge in [0.1, 0.15) is 0 Å². The van der Waals surface area contributed by atoms with Gasteiger partial charge in [-0.15, -0.1) is 11.8 Å². The van der Waals surface area contributed by atoms with Gasteiger partial charge < -0.3 is 10.1 Å². The van der Waals surface area contributed by atoms with Crippen LogP contribution >= 0.6 is 11.8 Å². The van der Waals surface area contributed by atoms with E-state index in [2.05, 4.69) is 5.32 Å². The van der Waals surface area contributed by atoms with Gasteiger partial charge in [0, 0.05) is 4.90 Å². The maximum atomic E-state index is 12.3. The number of carbonyl (C=O) groups is 2. The zero-order chi connectivity index (χ0) is 17.1. The number of carbonyl (C=O) groups excluding carboxylic acids is 2. The molecule has 1 aliphatic heterocycles. The van der Waals surface area contributed by atoms with Crippen LogP contribution in [-0.4, -0.2) is 23.2 Å². The smallest absolute Gasteiger partial charge is 0.338 e. The summed E-state index contributed by atoms with van der Waals surface area (Å²) in [6.45, 7) is 3.64. The molecule has 1 aliphatic rings. The molecular formula is C19H19NO3S. The molecule has 0 spiro atoms. The monoisotopic (exact) mass is 341 g/mol. The van der Waals surface area contributed by atoms with Crippen molar-refractivity contribution in [1.29, 1.82) is 0 Å². The summed E-state index contributed by atoms with van der Waals surface area (Å²) in [4.78, 5) is 25.2. The first-order valence-electron chi connectivity index (χ1n) is 7.89. The topological polar surface area (TPSA) is 55.4 Å². The van der Waals surface area contributed by atoms with Crippen LogP contribution in [0.1, 0.15) is 29.8 Å². The molecule has 0 bridgehead atoms. The molecule has 1 amide bonds. The summed E-state index contributed by atoms with van der Waals surface area (Å²) in [6.07, 6.45) is 0.476. The SMILES string of the molecule is CC(C)OC(=O)c1ccc(CC2Sc3ccccc3NC2=O)cc1. The number of amides is 1. The lowest BCUT2D eigenvalue weighted by Crippen LogP contribution is -2.30. The summed E-state index contributed by atoms with van der Waals surface area (Å²) < 4.78 is 5.18. The van der Waals surface area contributed by atoms with Crippen molar-refractivity contribution in [3.05, 3.63) is 59.7 Å². The molecule has 2 aromatic carbocycles. The molecule has 24 heavy (non-hydrogen) atoms. The van der Waals surface area contributed by atoms with Crippen LogP contribution in [0.25, 0.3) is 0 Å². The van der Waals surface area contributed by atoms with Gasteiger partial charge in [-0.2, -0.15) is 0 Å². The highest BCUT2D eigenvalue weighted by molar-refractivity contribution is 8.01. The lowest BCUT2D eigenvalue weighted by molar-refractivity contribution is -0.115. The number of anilines is 1. The van der Waals surface area contributed by atoms with Crippen LogP contribution < -0.4 is 5.32 Å². The third kappa shape index (κ3) is 3.79. The summed E-state index contributed by atoms with van der Waals surface area (Å²) >= 11 is 1.58. The zero-order valence-electron chi connectivity index (χ0n) is 13.6. The van der Waals surface area contributed by atoms with Gasteiger partial charge in [0.15, 0.2) is 0 Å². The van der Waals surface area contributed by atoms with E-state index in [9.17, 15) is 9.59 Å². The molecule has 3 rings (SSSR count). The van der Waals surface area contributed by atoms with Crippen molar-refractivity contribution in [2.24, 2.45) is 0 Å². The molecule has 2 aromatic rings. The van der Waals surface area contributed by atoms with Crippen molar-refractivity contribution in [1.82, 2.24) is 0 Å². The Hall–Kier alpha value is -2.27. The van der Waals surface area contributed by atoms with Crippen LogP contribution in [0, 0.1) is 0 Å². The van der Waals surface area contributed by atoms with Crippen molar-refractivity contribution in [2.75, 3.05) is 5.32 Å². The first-order chi connectivity index (χ1) is 11.5. The average Bonchev–Trinajstić information content (AvgIpc) is 2.55. The van der Waals surface area contributed by atoms with Gasteiger partial charge in [-0.1, -0.05) is 24.3 Å². The molecule has 1 heterocycles. The summed E-state index contributed by atoms with van der Waals surface area (Å²) in [5.74, 6) is -0.308. The second-order valence-electron chi connectivity index (χ2n) is 5.95. The van der Waals surface area contributed by atoms with Gasteiger partial charge in [0.05, 0.1) is 22.6 Å². The van der Waals surface area contributed by atoms with E-state index in [4.69, 9.17) is 4.74 Å². The molecule has 0 aliphatic carbocycles. The standard InChI is InChI=1S/C19H19NO3S/c1-12(2)23-19(22)14-9-7-13(8-10-14)11-17-18(21)20-15-5-3-4-6-16(15)24-17/h3-10,12,17H,11H2,1-2H3,(H,20,21). The normalized spacial score (nSPS) is 16.5. The van der Waals surface area contributed by atoms with E-state index in [-0.39, 0.29) is 23.2 Å². The first kappa shape index (κ1) is 16.6. The van der Waals surface area contributed by atoms with Crippen LogP contribution in [0.4, 0.5) is 5.69 Å². The summed E-state index contributed by atoms with van der Waals surface area (Å²) in [6, 6.07) is 15.1. The summed E-state index contributed by atoms with van der Waals surface area (Å²) in [5.41, 5.74) is 2.41. The molecule has 0 fully saturated rings. The Bertz CT molecular complexity index is 755. The van der Waals surface area contributed by atoms with E-state index in [0.29, 0.717) is 12.0 Å². The van der Waals surface area contributed by atoms with Gasteiger partial charge in [0.2, 0.25) is 5.91 Å². The van der Waals surface area contributed by atoms with Gasteiger partial charge in [0.25, 0.3) is 0 Å². The molecule has 1 atom stereocenters. The molecule has 4 nitrogen and oxygen atoms in total. The number of para-hydroxylation sites is 1. The number of hydrogen-bond donors (Lipinski definition) is 1. The number of fused-ring (bicyclic) bond motifs is 1. The Labute approximate surface area is 145 Å². The molecule has 0 saturated heterocycles. The fraction of sp³-hybridized carbons (Fsp3) is 0.263. The Balaban J connectivity index is 1.68. The Morgan fingerprint density at radius 3 is 2.58 bits per heavy atom. The lowest BCUT2D eigenvalue weighted by atomic mass is 10.1. The van der Waals surface area contributed by atoms with E-state index in [1.54, 1.807) is 23.9 Å². The van der Waals surface area contributed by atoms with Gasteiger partial charge >= 0.3 is 5.97 Å². The van der Waals surface area contributed by atoms with Gasteiger partial charge in [-0.3, -0.25) is 4.79 Å². The molecule has 1 N–H and O–H groups in total. The van der Waals surface area contributed by atoms with Crippen LogP contribution in [0.5, 0.6) is 0 Å². The van der Waals surface area contributed by atoms with Crippen molar-refractivity contribution >= 4 is 29.3 Å². The van der Waals surface area contributed by atoms with E-state index >= 15 is 0 Å². The molecule has 124 valence electrons. The number of thioether (sulfide) groups is 1. The molecule has 0 saturated carbocycles. The molecule has 5 heteroatoms. The highest BCUT2D eigenvalue weighted by Gasteiger charge is 2.26. The quantitative estimate of drug-likeness (QED) is 0.857. The van der Waals surface area contributed by atoms with Crippen molar-refractivity contribution < 1.29 is 14.3 Å². The number of rotatable bonds is 4. The zero-order valence-corrected chi connectivity index (χ0v) is 14.4. The van der Waals surface area contributed by atoms with E-state index in [0.717, 1.165) is 16.1 Å². The maximum Gasteiger partial charge on any atom is 0.338 e. The van der Waals surface area contributed by atoms with Crippen LogP contribution in [0.3, 0.4) is 0 Å². The van der Waals surface area contributed by atoms with E-state index in [1.807, 2.05) is 50.2 Å². The first-order valence-corrected chi connectivity index (χ1v) is 8.77. The second kappa shape index (κ2) is 7.09. The van der Waals surface area contributed by atoms with E-state index < -0.39 is 0 Å². The lowest BCUT2D eigenvalue weighted by Gasteiger charge is -2.24. The second-order valence-corrected chi connectivity index (χ2v) is 7.19. The third-order valence-corrected chi connectivity index (χ3v) is 4.94. The molecule has 0 aromatic heterocycles. The minimum absolute atomic E-state index is 0.0157. The Morgan fingerprint density at radius 1 is 1.17 bits per heavy atom. The molecule has 1 unspecified atom stereocenters. The minimum Gasteiger partial charge on any atom is -0.459 e. The minimum atomic E-state index is -0.324. The molecular weight excluding hydrogens is 322 g/mol. The van der Waals surface area contributed by atoms with Crippen molar-refractivity contribution in [3.63, 3.8) is 0 Å². The number of nitrogens with one attached hydrogen (secondary N) is 1. The Kier molecular flexibility index (Phi) is 4.90. The van der Waals surface area contributed by atoms with Crippen LogP contribution in [0.2, 0.25) is 0 Å². The van der Waals surface area contributed by atoms with Gasteiger partial charge in [-0.25, -0.2) is 4.79 Å². The largest absolute Gasteiger partial charge is 0.459 e. The van der Waals surface area contributed by atoms with Crippen LogP contribution in [-0.2, 0) is 16.0 Å². The highest BCUT2D eigenvalue weighted by Crippen LogP contribution is 2.36. The molecule has 0 radical (unpaired) electrons. The highest BCUT2D eigenvalue weighted by atomic mass is 32.2. The number of benzene rings is 2. The fourth-order valence-corrected chi connectivity index (χ4v) is 3.65. The predicted octanol–water partition coefficient (Wildman–Crippen LogP) is 3.91. The fourth-order valence-electron chi connectivity index (χ4n) is 2.50. The van der Waals surface area contributed by atoms with Crippen molar-refractivity contribution in [2.45, 2.75) is 36.5 Å². The van der Waals surface area contributed by atoms with E-state index in [1.165, 1.54) is 0 Å². The number of ether oxygens (including phenoxy) is 1. The summed E-state index contributed by atoms with van der Waals surface area (Å²) in [7, 11) is 0. The summed E-state index contributed by atoms with van der Waals surface area (Å²) in [5, 5.41) is 2.77. The van der Waals surface area contributed by atoms with Crippen molar-refractivity contribution in [3.8, 4) is 0 Å². The number of hydrogen-bond acceptors (Lipinski definition) is 4. The Morgan fingerprint density at radius 2 is 1.88 bits per heavy atom. The third-order valence-electron chi connectivity index (χ3n) is 3.66. The maximum absolute atomic E-state index is 12.3. The average molecular weight is 341 g/mol. The van der Waals surface area contributed by atoms with Gasteiger partial charge in [-0.05, 0) is 50.1 Å².